The Morgan fingerprint density at radius 2 is 1.88 bits per heavy atom. The van der Waals surface area contributed by atoms with E-state index in [9.17, 15) is 5.11 Å². The predicted octanol–water partition coefficient (Wildman–Crippen LogP) is 3.94. The zero-order valence-corrected chi connectivity index (χ0v) is 20.7. The van der Waals surface area contributed by atoms with Gasteiger partial charge in [-0.1, -0.05) is 26.8 Å². The van der Waals surface area contributed by atoms with E-state index in [4.69, 9.17) is 14.2 Å². The highest BCUT2D eigenvalue weighted by Gasteiger charge is 2.82. The number of benzene rings is 1. The van der Waals surface area contributed by atoms with Gasteiger partial charge < -0.3 is 24.2 Å². The van der Waals surface area contributed by atoms with Gasteiger partial charge in [-0.2, -0.15) is 0 Å². The standard InChI is InChI=1S/C27H39NO4/c1-23(2,3)24(4,29)18-15-25-10-11-27(18,31-7)22-26(25)12-13-28(5)19(25)14-16-8-9-17(30-6)21(32-22)20(16)26/h8-9,18-19,22,29H,10-15H2,1-7H3/t18-,19-,22-,24+,25-,26+,27-/m1/s1. The van der Waals surface area contributed by atoms with Crippen LogP contribution in [0.3, 0.4) is 0 Å². The Labute approximate surface area is 192 Å². The molecule has 0 radical (unpaired) electrons. The van der Waals surface area contributed by atoms with Crippen LogP contribution in [0.5, 0.6) is 11.5 Å². The molecule has 0 unspecified atom stereocenters. The molecule has 0 amide bonds. The molecule has 176 valence electrons. The van der Waals surface area contributed by atoms with Crippen molar-refractivity contribution in [2.75, 3.05) is 27.8 Å². The van der Waals surface area contributed by atoms with Crippen molar-refractivity contribution < 1.29 is 19.3 Å². The lowest BCUT2D eigenvalue weighted by Gasteiger charge is -2.75. The van der Waals surface area contributed by atoms with Crippen molar-refractivity contribution in [2.24, 2.45) is 16.7 Å². The second-order valence-corrected chi connectivity index (χ2v) is 12.5. The molecule has 5 heteroatoms. The first-order valence-electron chi connectivity index (χ1n) is 12.3. The average molecular weight is 442 g/mol. The number of methoxy groups -OCH3 is 2. The molecule has 7 atom stereocenters. The second-order valence-electron chi connectivity index (χ2n) is 12.5. The summed E-state index contributed by atoms with van der Waals surface area (Å²) < 4.78 is 19.4. The van der Waals surface area contributed by atoms with Gasteiger partial charge in [-0.05, 0) is 69.7 Å². The van der Waals surface area contributed by atoms with Gasteiger partial charge in [0.2, 0.25) is 0 Å². The van der Waals surface area contributed by atoms with Crippen LogP contribution in [0.15, 0.2) is 12.1 Å². The number of nitrogens with zero attached hydrogens (tertiary/aromatic N) is 1. The van der Waals surface area contributed by atoms with Crippen molar-refractivity contribution in [1.82, 2.24) is 4.90 Å². The molecule has 5 nitrogen and oxygen atoms in total. The van der Waals surface area contributed by atoms with Gasteiger partial charge in [0, 0.05) is 35.5 Å². The van der Waals surface area contributed by atoms with Crippen LogP contribution < -0.4 is 9.47 Å². The summed E-state index contributed by atoms with van der Waals surface area (Å²) >= 11 is 0. The van der Waals surface area contributed by atoms with E-state index < -0.39 is 11.2 Å². The summed E-state index contributed by atoms with van der Waals surface area (Å²) in [4.78, 5) is 2.60. The summed E-state index contributed by atoms with van der Waals surface area (Å²) in [6.07, 6.45) is 5.07. The maximum absolute atomic E-state index is 12.1. The minimum absolute atomic E-state index is 0.00253. The van der Waals surface area contributed by atoms with Gasteiger partial charge in [0.15, 0.2) is 11.5 Å². The van der Waals surface area contributed by atoms with Gasteiger partial charge in [-0.15, -0.1) is 0 Å². The first-order valence-corrected chi connectivity index (χ1v) is 12.3. The molecule has 4 bridgehead atoms. The minimum atomic E-state index is -0.882. The lowest BCUT2D eigenvalue weighted by Crippen LogP contribution is -2.83. The summed E-state index contributed by atoms with van der Waals surface area (Å²) in [6, 6.07) is 4.82. The van der Waals surface area contributed by atoms with E-state index in [0.717, 1.165) is 50.1 Å². The first kappa shape index (κ1) is 21.2. The van der Waals surface area contributed by atoms with Gasteiger partial charge in [-0.25, -0.2) is 0 Å². The Hall–Kier alpha value is -1.30. The number of fused-ring (bicyclic) bond motifs is 2. The third-order valence-electron chi connectivity index (χ3n) is 11.0. The van der Waals surface area contributed by atoms with Crippen LogP contribution in [-0.2, 0) is 16.6 Å². The Balaban J connectivity index is 1.65. The Bertz CT molecular complexity index is 983. The van der Waals surface area contributed by atoms with Gasteiger partial charge in [0.05, 0.1) is 12.7 Å². The third-order valence-corrected chi connectivity index (χ3v) is 11.0. The van der Waals surface area contributed by atoms with E-state index in [1.54, 1.807) is 7.11 Å². The molecule has 1 saturated heterocycles. The van der Waals surface area contributed by atoms with Crippen LogP contribution in [0.2, 0.25) is 0 Å². The van der Waals surface area contributed by atoms with Crippen molar-refractivity contribution in [2.45, 2.75) is 88.6 Å². The van der Waals surface area contributed by atoms with Crippen LogP contribution in [0.25, 0.3) is 0 Å². The van der Waals surface area contributed by atoms with Crippen molar-refractivity contribution in [3.05, 3.63) is 23.3 Å². The Morgan fingerprint density at radius 1 is 1.12 bits per heavy atom. The van der Waals surface area contributed by atoms with E-state index in [2.05, 4.69) is 44.9 Å². The molecule has 4 fully saturated rings. The van der Waals surface area contributed by atoms with Gasteiger partial charge in [0.1, 0.15) is 11.7 Å². The topological polar surface area (TPSA) is 51.2 Å². The smallest absolute Gasteiger partial charge is 0.165 e. The molecule has 2 aliphatic heterocycles. The number of likely N-dealkylation sites (tertiary alicyclic amines) is 1. The number of rotatable bonds is 3. The van der Waals surface area contributed by atoms with Gasteiger partial charge in [-0.3, -0.25) is 0 Å². The van der Waals surface area contributed by atoms with Crippen LogP contribution in [0.4, 0.5) is 0 Å². The van der Waals surface area contributed by atoms with Crippen LogP contribution in [-0.4, -0.2) is 61.2 Å². The molecule has 7 rings (SSSR count). The van der Waals surface area contributed by atoms with E-state index in [1.165, 1.54) is 11.1 Å². The lowest BCUT2D eigenvalue weighted by molar-refractivity contribution is -0.311. The Morgan fingerprint density at radius 3 is 2.53 bits per heavy atom. The lowest BCUT2D eigenvalue weighted by atomic mass is 9.33. The number of likely N-dealkylation sites (N-methyl/N-ethyl adjacent to an activating group) is 1. The van der Waals surface area contributed by atoms with E-state index in [-0.39, 0.29) is 28.3 Å². The van der Waals surface area contributed by atoms with Gasteiger partial charge >= 0.3 is 0 Å². The zero-order chi connectivity index (χ0) is 22.9. The average Bonchev–Trinajstić information content (AvgIpc) is 3.12. The molecule has 2 heterocycles. The van der Waals surface area contributed by atoms with Crippen molar-refractivity contribution in [1.29, 1.82) is 0 Å². The summed E-state index contributed by atoms with van der Waals surface area (Å²) in [5.74, 6) is 1.79. The molecular formula is C27H39NO4. The fourth-order valence-corrected chi connectivity index (χ4v) is 9.01. The molecule has 1 aromatic carbocycles. The first-order chi connectivity index (χ1) is 15.0. The number of hydrogen-bond donors (Lipinski definition) is 1. The highest BCUT2D eigenvalue weighted by Crippen LogP contribution is 2.77. The summed E-state index contributed by atoms with van der Waals surface area (Å²) in [6.45, 7) is 9.59. The molecule has 3 saturated carbocycles. The van der Waals surface area contributed by atoms with Crippen molar-refractivity contribution in [3.8, 4) is 11.5 Å². The Kier molecular flexibility index (Phi) is 4.00. The third kappa shape index (κ3) is 2.01. The molecule has 4 aliphatic carbocycles. The summed E-state index contributed by atoms with van der Waals surface area (Å²) in [5, 5.41) is 12.1. The predicted molar refractivity (Wildman–Crippen MR) is 123 cm³/mol. The highest BCUT2D eigenvalue weighted by atomic mass is 16.6. The van der Waals surface area contributed by atoms with E-state index in [0.29, 0.717) is 6.04 Å². The second kappa shape index (κ2) is 6.03. The quantitative estimate of drug-likeness (QED) is 0.770. The molecule has 6 aliphatic rings. The fourth-order valence-electron chi connectivity index (χ4n) is 9.01. The highest BCUT2D eigenvalue weighted by molar-refractivity contribution is 5.63. The van der Waals surface area contributed by atoms with Crippen molar-refractivity contribution in [3.63, 3.8) is 0 Å². The van der Waals surface area contributed by atoms with E-state index in [1.807, 2.05) is 14.0 Å². The minimum Gasteiger partial charge on any atom is -0.493 e. The normalized spacial score (nSPS) is 43.4. The van der Waals surface area contributed by atoms with E-state index >= 15 is 0 Å². The largest absolute Gasteiger partial charge is 0.493 e. The molecule has 1 aromatic rings. The van der Waals surface area contributed by atoms with Crippen molar-refractivity contribution >= 4 is 0 Å². The zero-order valence-electron chi connectivity index (χ0n) is 20.7. The molecular weight excluding hydrogens is 402 g/mol. The summed E-state index contributed by atoms with van der Waals surface area (Å²) in [5.41, 5.74) is 1.17. The van der Waals surface area contributed by atoms with Crippen LogP contribution in [0.1, 0.15) is 64.5 Å². The molecule has 0 aromatic heterocycles. The molecule has 32 heavy (non-hydrogen) atoms. The SMILES string of the molecule is COc1ccc2c3c1O[C@H]1[C@@]4(OC)CC[C@@]5(C[C@@H]4[C@](C)(O)C(C)(C)C)[C@@H](C2)N(C)CC[C@]315. The van der Waals surface area contributed by atoms with Crippen LogP contribution in [0, 0.1) is 16.7 Å². The maximum atomic E-state index is 12.1. The maximum Gasteiger partial charge on any atom is 0.165 e. The fraction of sp³-hybridized carbons (Fsp3) is 0.778. The number of aliphatic hydroxyl groups is 1. The van der Waals surface area contributed by atoms with Gasteiger partial charge in [0.25, 0.3) is 0 Å². The molecule has 1 N–H and O–H groups in total. The molecule has 2 spiro atoms. The number of ether oxygens (including phenoxy) is 3. The summed E-state index contributed by atoms with van der Waals surface area (Å²) in [7, 11) is 5.89. The van der Waals surface area contributed by atoms with Crippen LogP contribution >= 0.6 is 0 Å². The number of hydrogen-bond acceptors (Lipinski definition) is 5. The monoisotopic (exact) mass is 441 g/mol. The number of piperidine rings is 1.